The summed E-state index contributed by atoms with van der Waals surface area (Å²) in [4.78, 5) is 50.7. The minimum absolute atomic E-state index is 0.0908. The van der Waals surface area contributed by atoms with Gasteiger partial charge in [0, 0.05) is 19.5 Å². The Bertz CT molecular complexity index is 583. The molecule has 1 rings (SSSR count). The Hall–Kier alpha value is -2.12. The maximum atomic E-state index is 12.9. The zero-order valence-electron chi connectivity index (χ0n) is 18.0. The topological polar surface area (TPSA) is 105 Å². The summed E-state index contributed by atoms with van der Waals surface area (Å²) in [6, 6.07) is -0.751. The second kappa shape index (κ2) is 10.4. The number of carbonyl (C=O) groups excluding carboxylic acids is 4. The van der Waals surface area contributed by atoms with E-state index in [9.17, 15) is 19.2 Å². The van der Waals surface area contributed by atoms with E-state index in [1.165, 1.54) is 4.90 Å². The van der Waals surface area contributed by atoms with Crippen LogP contribution in [0.5, 0.6) is 0 Å². The van der Waals surface area contributed by atoms with Crippen molar-refractivity contribution >= 4 is 23.7 Å². The number of ketones is 1. The van der Waals surface area contributed by atoms with E-state index < -0.39 is 17.7 Å². The van der Waals surface area contributed by atoms with Gasteiger partial charge in [-0.05, 0) is 39.5 Å². The van der Waals surface area contributed by atoms with E-state index in [1.807, 2.05) is 13.8 Å². The summed E-state index contributed by atoms with van der Waals surface area (Å²) in [5, 5.41) is 5.39. The molecular weight excluding hydrogens is 362 g/mol. The lowest BCUT2D eigenvalue weighted by Gasteiger charge is -2.28. The first-order valence-electron chi connectivity index (χ1n) is 10.0. The van der Waals surface area contributed by atoms with Gasteiger partial charge in [0.2, 0.25) is 11.8 Å². The van der Waals surface area contributed by atoms with Crippen LogP contribution in [-0.4, -0.2) is 59.9 Å². The fourth-order valence-electron chi connectivity index (χ4n) is 3.05. The summed E-state index contributed by atoms with van der Waals surface area (Å²) in [5.74, 6) is -0.675. The minimum Gasteiger partial charge on any atom is -0.444 e. The summed E-state index contributed by atoms with van der Waals surface area (Å²) in [7, 11) is 0. The molecule has 2 N–H and O–H groups in total. The Morgan fingerprint density at radius 2 is 1.93 bits per heavy atom. The third kappa shape index (κ3) is 8.27. The molecule has 0 spiro atoms. The average Bonchev–Trinajstić information content (AvgIpc) is 2.95. The molecule has 1 saturated heterocycles. The van der Waals surface area contributed by atoms with Gasteiger partial charge in [-0.1, -0.05) is 20.8 Å². The fraction of sp³-hybridized carbons (Fsp3) is 0.800. The highest BCUT2D eigenvalue weighted by Crippen LogP contribution is 2.14. The van der Waals surface area contributed by atoms with Crippen molar-refractivity contribution in [2.24, 2.45) is 11.8 Å². The standard InChI is InChI=1S/C20H35N3O5/c1-7-17(25)23(11-14-8-9-21-18(14)26)12-16(24)15(10-13(2)3)22-19(27)28-20(4,5)6/h13-15H,7-12H2,1-6H3,(H,21,26)(H,22,27)/t14-,15-/m0/s1. The van der Waals surface area contributed by atoms with E-state index in [0.717, 1.165) is 0 Å². The highest BCUT2D eigenvalue weighted by molar-refractivity contribution is 5.92. The number of nitrogens with zero attached hydrogens (tertiary/aromatic N) is 1. The van der Waals surface area contributed by atoms with Gasteiger partial charge in [0.15, 0.2) is 5.78 Å². The summed E-state index contributed by atoms with van der Waals surface area (Å²) in [5.41, 5.74) is -0.671. The monoisotopic (exact) mass is 397 g/mol. The third-order valence-corrected chi connectivity index (χ3v) is 4.39. The zero-order chi connectivity index (χ0) is 21.5. The van der Waals surface area contributed by atoms with Crippen LogP contribution in [0.1, 0.15) is 60.8 Å². The third-order valence-electron chi connectivity index (χ3n) is 4.39. The van der Waals surface area contributed by atoms with Crippen LogP contribution in [0.15, 0.2) is 0 Å². The predicted molar refractivity (Wildman–Crippen MR) is 106 cm³/mol. The Kier molecular flexibility index (Phi) is 8.91. The minimum atomic E-state index is -0.751. The number of alkyl carbamates (subject to hydrolysis) is 1. The number of carbonyl (C=O) groups is 4. The Labute approximate surface area is 167 Å². The number of hydrogen-bond donors (Lipinski definition) is 2. The van der Waals surface area contributed by atoms with E-state index in [1.54, 1.807) is 27.7 Å². The smallest absolute Gasteiger partial charge is 0.408 e. The lowest BCUT2D eigenvalue weighted by molar-refractivity contribution is -0.137. The van der Waals surface area contributed by atoms with Crippen molar-refractivity contribution in [3.8, 4) is 0 Å². The van der Waals surface area contributed by atoms with Crippen LogP contribution in [-0.2, 0) is 19.1 Å². The molecule has 8 nitrogen and oxygen atoms in total. The first-order chi connectivity index (χ1) is 12.9. The molecule has 1 aliphatic rings. The molecule has 0 bridgehead atoms. The molecule has 160 valence electrons. The van der Waals surface area contributed by atoms with Crippen LogP contribution < -0.4 is 10.6 Å². The molecule has 3 amide bonds. The van der Waals surface area contributed by atoms with Crippen molar-refractivity contribution < 1.29 is 23.9 Å². The van der Waals surface area contributed by atoms with Crippen LogP contribution in [0.3, 0.4) is 0 Å². The van der Waals surface area contributed by atoms with Gasteiger partial charge in [-0.25, -0.2) is 4.79 Å². The Morgan fingerprint density at radius 3 is 2.39 bits per heavy atom. The largest absolute Gasteiger partial charge is 0.444 e. The molecule has 2 atom stereocenters. The first-order valence-corrected chi connectivity index (χ1v) is 10.0. The van der Waals surface area contributed by atoms with Gasteiger partial charge in [-0.15, -0.1) is 0 Å². The van der Waals surface area contributed by atoms with Gasteiger partial charge in [-0.2, -0.15) is 0 Å². The summed E-state index contributed by atoms with van der Waals surface area (Å²) >= 11 is 0. The van der Waals surface area contributed by atoms with E-state index in [-0.39, 0.29) is 48.9 Å². The molecule has 0 aromatic carbocycles. The highest BCUT2D eigenvalue weighted by Gasteiger charge is 2.31. The maximum absolute atomic E-state index is 12.9. The van der Waals surface area contributed by atoms with Crippen LogP contribution in [0.25, 0.3) is 0 Å². The molecular formula is C20H35N3O5. The van der Waals surface area contributed by atoms with E-state index in [4.69, 9.17) is 4.74 Å². The van der Waals surface area contributed by atoms with E-state index >= 15 is 0 Å². The number of nitrogens with one attached hydrogen (secondary N) is 2. The predicted octanol–water partition coefficient (Wildman–Crippen LogP) is 1.87. The molecule has 1 fully saturated rings. The molecule has 0 saturated carbocycles. The van der Waals surface area contributed by atoms with E-state index in [2.05, 4.69) is 10.6 Å². The van der Waals surface area contributed by atoms with Gasteiger partial charge in [-0.3, -0.25) is 14.4 Å². The quantitative estimate of drug-likeness (QED) is 0.618. The van der Waals surface area contributed by atoms with Crippen LogP contribution in [0.4, 0.5) is 4.79 Å². The fourth-order valence-corrected chi connectivity index (χ4v) is 3.05. The SMILES string of the molecule is CCC(=O)N(CC(=O)[C@H](CC(C)C)NC(=O)OC(C)(C)C)C[C@@H]1CCNC1=O. The highest BCUT2D eigenvalue weighted by atomic mass is 16.6. The molecule has 0 aromatic rings. The number of Topliss-reactive ketones (excluding diaryl/α,β-unsaturated/α-hetero) is 1. The van der Waals surface area contributed by atoms with Crippen molar-refractivity contribution in [3.05, 3.63) is 0 Å². The molecule has 1 aliphatic heterocycles. The van der Waals surface area contributed by atoms with Gasteiger partial charge in [0.25, 0.3) is 0 Å². The Morgan fingerprint density at radius 1 is 1.29 bits per heavy atom. The number of rotatable bonds is 9. The van der Waals surface area contributed by atoms with Crippen molar-refractivity contribution in [1.82, 2.24) is 15.5 Å². The first kappa shape index (κ1) is 23.9. The van der Waals surface area contributed by atoms with Crippen LogP contribution in [0, 0.1) is 11.8 Å². The molecule has 0 aromatic heterocycles. The number of amides is 3. The number of hydrogen-bond acceptors (Lipinski definition) is 5. The average molecular weight is 398 g/mol. The summed E-state index contributed by atoms with van der Waals surface area (Å²) in [6.45, 7) is 11.5. The van der Waals surface area contributed by atoms with Crippen molar-refractivity contribution in [3.63, 3.8) is 0 Å². The zero-order valence-corrected chi connectivity index (χ0v) is 18.0. The molecule has 0 radical (unpaired) electrons. The molecule has 0 unspecified atom stereocenters. The van der Waals surface area contributed by atoms with E-state index in [0.29, 0.717) is 19.4 Å². The molecule has 8 heteroatoms. The molecule has 0 aliphatic carbocycles. The van der Waals surface area contributed by atoms with Crippen molar-refractivity contribution in [2.75, 3.05) is 19.6 Å². The van der Waals surface area contributed by atoms with Crippen molar-refractivity contribution in [2.45, 2.75) is 72.4 Å². The van der Waals surface area contributed by atoms with Crippen molar-refractivity contribution in [1.29, 1.82) is 0 Å². The summed E-state index contributed by atoms with van der Waals surface area (Å²) in [6.07, 6.45) is 0.674. The molecule has 28 heavy (non-hydrogen) atoms. The second-order valence-electron chi connectivity index (χ2n) is 8.70. The molecule has 1 heterocycles. The summed E-state index contributed by atoms with van der Waals surface area (Å²) < 4.78 is 5.26. The van der Waals surface area contributed by atoms with Crippen LogP contribution >= 0.6 is 0 Å². The maximum Gasteiger partial charge on any atom is 0.408 e. The second-order valence-corrected chi connectivity index (χ2v) is 8.70. The van der Waals surface area contributed by atoms with Gasteiger partial charge >= 0.3 is 6.09 Å². The number of ether oxygens (including phenoxy) is 1. The Balaban J connectivity index is 2.83. The normalized spacial score (nSPS) is 17.8. The van der Waals surface area contributed by atoms with Gasteiger partial charge in [0.05, 0.1) is 18.5 Å². The lowest BCUT2D eigenvalue weighted by atomic mass is 9.99. The van der Waals surface area contributed by atoms with Crippen LogP contribution in [0.2, 0.25) is 0 Å². The van der Waals surface area contributed by atoms with Gasteiger partial charge in [0.1, 0.15) is 5.60 Å². The van der Waals surface area contributed by atoms with Gasteiger partial charge < -0.3 is 20.3 Å². The lowest BCUT2D eigenvalue weighted by Crippen LogP contribution is -2.49.